The van der Waals surface area contributed by atoms with E-state index in [2.05, 4.69) is 48.5 Å². The van der Waals surface area contributed by atoms with Crippen molar-refractivity contribution >= 4 is 17.7 Å². The third-order valence-electron chi connectivity index (χ3n) is 5.47. The summed E-state index contributed by atoms with van der Waals surface area (Å²) in [4.78, 5) is 11.3. The number of rotatable bonds is 6. The van der Waals surface area contributed by atoms with Gasteiger partial charge in [-0.3, -0.25) is 10.1 Å². The van der Waals surface area contributed by atoms with E-state index in [1.165, 1.54) is 35.3 Å². The fourth-order valence-corrected chi connectivity index (χ4v) is 4.87. The van der Waals surface area contributed by atoms with Crippen molar-refractivity contribution in [2.75, 3.05) is 0 Å². The number of hydrogen-bond donors (Lipinski definition) is 0. The molecule has 0 aliphatic heterocycles. The lowest BCUT2D eigenvalue weighted by molar-refractivity contribution is -0.384. The van der Waals surface area contributed by atoms with Crippen molar-refractivity contribution in [3.05, 3.63) is 106 Å². The summed E-state index contributed by atoms with van der Waals surface area (Å²) < 4.78 is 6.36. The molecule has 3 aromatic carbocycles. The molecule has 1 aliphatic carbocycles. The van der Waals surface area contributed by atoms with Gasteiger partial charge in [-0.25, -0.2) is 0 Å². The van der Waals surface area contributed by atoms with E-state index in [1.54, 1.807) is 12.1 Å². The molecule has 28 heavy (non-hydrogen) atoms. The minimum absolute atomic E-state index is 0.0255. The van der Waals surface area contributed by atoms with E-state index in [-0.39, 0.29) is 22.1 Å². The van der Waals surface area contributed by atoms with E-state index < -0.39 is 0 Å². The molecule has 1 unspecified atom stereocenters. The van der Waals surface area contributed by atoms with E-state index in [0.29, 0.717) is 0 Å². The Balaban J connectivity index is 1.62. The van der Waals surface area contributed by atoms with Crippen molar-refractivity contribution in [2.24, 2.45) is 0 Å². The summed E-state index contributed by atoms with van der Waals surface area (Å²) in [6.07, 6.45) is 3.13. The van der Waals surface area contributed by atoms with Gasteiger partial charge in [-0.05, 0) is 42.5 Å². The van der Waals surface area contributed by atoms with Crippen LogP contribution in [0.25, 0.3) is 0 Å². The minimum atomic E-state index is -0.387. The van der Waals surface area contributed by atoms with Crippen LogP contribution in [0.4, 0.5) is 5.69 Å². The molecule has 1 atom stereocenters. The van der Waals surface area contributed by atoms with Crippen LogP contribution in [-0.2, 0) is 9.60 Å². The van der Waals surface area contributed by atoms with E-state index in [9.17, 15) is 10.1 Å². The van der Waals surface area contributed by atoms with Crippen molar-refractivity contribution < 1.29 is 9.11 Å². The summed E-state index contributed by atoms with van der Waals surface area (Å²) in [5.74, 6) is 0. The van der Waals surface area contributed by atoms with Crippen LogP contribution in [-0.4, -0.2) is 11.0 Å². The molecular formula is C23H21NO3S. The van der Waals surface area contributed by atoms with Crippen molar-refractivity contribution in [1.29, 1.82) is 0 Å². The number of benzene rings is 3. The number of nitrogens with zero attached hydrogens (tertiary/aromatic N) is 1. The van der Waals surface area contributed by atoms with Gasteiger partial charge >= 0.3 is 0 Å². The lowest BCUT2D eigenvalue weighted by atomic mass is 9.71. The van der Waals surface area contributed by atoms with E-state index in [1.807, 2.05) is 12.1 Å². The average molecular weight is 391 g/mol. The third kappa shape index (κ3) is 3.55. The summed E-state index contributed by atoms with van der Waals surface area (Å²) >= 11 is 1.31. The van der Waals surface area contributed by atoms with Gasteiger partial charge in [0.25, 0.3) is 5.69 Å². The van der Waals surface area contributed by atoms with Crippen LogP contribution in [0.2, 0.25) is 0 Å². The van der Waals surface area contributed by atoms with E-state index in [4.69, 9.17) is 4.18 Å². The fraction of sp³-hybridized carbons (Fsp3) is 0.217. The summed E-state index contributed by atoms with van der Waals surface area (Å²) in [5.41, 5.74) is 2.45. The Morgan fingerprint density at radius 3 is 2.00 bits per heavy atom. The lowest BCUT2D eigenvalue weighted by Gasteiger charge is -2.36. The highest BCUT2D eigenvalue weighted by molar-refractivity contribution is 7.94. The topological polar surface area (TPSA) is 52.4 Å². The molecule has 0 saturated heterocycles. The van der Waals surface area contributed by atoms with E-state index in [0.717, 1.165) is 24.2 Å². The SMILES string of the molecule is O=[N+]([O-])c1ccc(SOC2CCCC2(c2ccccc2)c2ccccc2)cc1. The van der Waals surface area contributed by atoms with Gasteiger partial charge in [-0.2, -0.15) is 0 Å². The summed E-state index contributed by atoms with van der Waals surface area (Å²) in [7, 11) is 0. The Kier molecular flexibility index (Phi) is 5.46. The van der Waals surface area contributed by atoms with Crippen LogP contribution in [0, 0.1) is 10.1 Å². The Morgan fingerprint density at radius 2 is 1.46 bits per heavy atom. The lowest BCUT2D eigenvalue weighted by Crippen LogP contribution is -2.36. The molecule has 5 heteroatoms. The van der Waals surface area contributed by atoms with Crippen molar-refractivity contribution in [1.82, 2.24) is 0 Å². The van der Waals surface area contributed by atoms with Gasteiger partial charge < -0.3 is 4.18 Å². The number of nitro benzene ring substituents is 1. The molecule has 4 nitrogen and oxygen atoms in total. The summed E-state index contributed by atoms with van der Waals surface area (Å²) in [5, 5.41) is 10.8. The smallest absolute Gasteiger partial charge is 0.269 e. The first-order chi connectivity index (χ1) is 13.7. The molecule has 1 saturated carbocycles. The highest BCUT2D eigenvalue weighted by Gasteiger charge is 2.46. The normalized spacial score (nSPS) is 18.1. The maximum atomic E-state index is 10.8. The minimum Gasteiger partial charge on any atom is -0.306 e. The molecule has 4 rings (SSSR count). The zero-order chi connectivity index (χ0) is 19.4. The molecule has 3 aromatic rings. The molecular weight excluding hydrogens is 370 g/mol. The second-order valence-corrected chi connectivity index (χ2v) is 7.85. The van der Waals surface area contributed by atoms with Gasteiger partial charge in [0, 0.05) is 34.5 Å². The molecule has 1 fully saturated rings. The van der Waals surface area contributed by atoms with Gasteiger partial charge in [-0.15, -0.1) is 0 Å². The first kappa shape index (κ1) is 18.7. The largest absolute Gasteiger partial charge is 0.306 e. The fourth-order valence-electron chi connectivity index (χ4n) is 4.14. The Labute approximate surface area is 168 Å². The second-order valence-electron chi connectivity index (χ2n) is 7.01. The highest BCUT2D eigenvalue weighted by Crippen LogP contribution is 2.49. The van der Waals surface area contributed by atoms with Crippen LogP contribution in [0.5, 0.6) is 0 Å². The molecule has 0 bridgehead atoms. The molecule has 1 aliphatic rings. The average Bonchev–Trinajstić information content (AvgIpc) is 3.18. The quantitative estimate of drug-likeness (QED) is 0.287. The van der Waals surface area contributed by atoms with Crippen LogP contribution < -0.4 is 0 Å². The molecule has 0 N–H and O–H groups in total. The molecule has 142 valence electrons. The first-order valence-corrected chi connectivity index (χ1v) is 10.1. The van der Waals surface area contributed by atoms with Crippen LogP contribution >= 0.6 is 12.0 Å². The summed E-state index contributed by atoms with van der Waals surface area (Å²) in [6, 6.07) is 27.7. The van der Waals surface area contributed by atoms with Gasteiger partial charge in [-0.1, -0.05) is 60.7 Å². The zero-order valence-corrected chi connectivity index (χ0v) is 16.2. The van der Waals surface area contributed by atoms with Crippen LogP contribution in [0.3, 0.4) is 0 Å². The predicted octanol–water partition coefficient (Wildman–Crippen LogP) is 6.16. The molecule has 0 amide bonds. The highest BCUT2D eigenvalue weighted by atomic mass is 32.2. The maximum Gasteiger partial charge on any atom is 0.269 e. The standard InChI is InChI=1S/C23H21NO3S/c25-24(26)20-13-15-21(16-14-20)28-27-22-12-7-17-23(22,18-8-3-1-4-9-18)19-10-5-2-6-11-19/h1-6,8-11,13-16,22H,7,12,17H2. The molecule has 0 aromatic heterocycles. The van der Waals surface area contributed by atoms with Gasteiger partial charge in [0.05, 0.1) is 11.0 Å². The Morgan fingerprint density at radius 1 is 0.893 bits per heavy atom. The van der Waals surface area contributed by atoms with Crippen molar-refractivity contribution in [3.8, 4) is 0 Å². The number of hydrogen-bond acceptors (Lipinski definition) is 4. The second kappa shape index (κ2) is 8.17. The third-order valence-corrected chi connectivity index (χ3v) is 6.27. The van der Waals surface area contributed by atoms with Gasteiger partial charge in [0.1, 0.15) is 0 Å². The maximum absolute atomic E-state index is 10.8. The number of non-ortho nitro benzene ring substituents is 1. The van der Waals surface area contributed by atoms with Crippen LogP contribution in [0.15, 0.2) is 89.8 Å². The van der Waals surface area contributed by atoms with Crippen molar-refractivity contribution in [3.63, 3.8) is 0 Å². The first-order valence-electron chi connectivity index (χ1n) is 9.39. The van der Waals surface area contributed by atoms with Gasteiger partial charge in [0.15, 0.2) is 0 Å². The molecule has 0 radical (unpaired) electrons. The summed E-state index contributed by atoms with van der Waals surface area (Å²) in [6.45, 7) is 0. The monoisotopic (exact) mass is 391 g/mol. The zero-order valence-electron chi connectivity index (χ0n) is 15.4. The molecule has 0 spiro atoms. The number of nitro groups is 1. The van der Waals surface area contributed by atoms with E-state index >= 15 is 0 Å². The predicted molar refractivity (Wildman–Crippen MR) is 111 cm³/mol. The van der Waals surface area contributed by atoms with Crippen LogP contribution in [0.1, 0.15) is 30.4 Å². The van der Waals surface area contributed by atoms with Gasteiger partial charge in [0.2, 0.25) is 0 Å². The Hall–Kier alpha value is -2.63. The van der Waals surface area contributed by atoms with Crippen molar-refractivity contribution in [2.45, 2.75) is 35.7 Å². The molecule has 0 heterocycles. The Bertz CT molecular complexity index is 890.